The largest absolute Gasteiger partial charge is 0.367 e. The van der Waals surface area contributed by atoms with Gasteiger partial charge in [-0.2, -0.15) is 8.57 Å². The van der Waals surface area contributed by atoms with Crippen LogP contribution in [0, 0.1) is 19.3 Å². The summed E-state index contributed by atoms with van der Waals surface area (Å²) < 4.78 is 50.9. The lowest BCUT2D eigenvalue weighted by atomic mass is 10.1. The van der Waals surface area contributed by atoms with Gasteiger partial charge in [0, 0.05) is 18.2 Å². The molecule has 1 aromatic heterocycles. The van der Waals surface area contributed by atoms with Crippen molar-refractivity contribution in [2.24, 2.45) is 4.36 Å². The Balaban J connectivity index is 2.30. The molecule has 11 heteroatoms. The van der Waals surface area contributed by atoms with E-state index in [1.807, 2.05) is 0 Å². The predicted octanol–water partition coefficient (Wildman–Crippen LogP) is 0.388. The Kier molecular flexibility index (Phi) is 5.53. The molecule has 0 aromatic carbocycles. The zero-order valence-corrected chi connectivity index (χ0v) is 13.4. The number of ether oxygens (including phenoxy) is 2. The fraction of sp³-hybridized carbons (Fsp3) is 0.538. The van der Waals surface area contributed by atoms with Crippen molar-refractivity contribution in [3.63, 3.8) is 0 Å². The molecule has 0 spiro atoms. The summed E-state index contributed by atoms with van der Waals surface area (Å²) in [6.45, 7) is 1.27. The fourth-order valence-electron chi connectivity index (χ4n) is 2.34. The Labute approximate surface area is 136 Å². The molecule has 1 unspecified atom stereocenters. The first-order valence-electron chi connectivity index (χ1n) is 6.85. The fourth-order valence-corrected chi connectivity index (χ4v) is 2.88. The first kappa shape index (κ1) is 18.3. The van der Waals surface area contributed by atoms with Crippen LogP contribution in [0.2, 0.25) is 0 Å². The van der Waals surface area contributed by atoms with Crippen LogP contribution in [0.3, 0.4) is 0 Å². The molecule has 1 aliphatic rings. The zero-order chi connectivity index (χ0) is 17.9. The smallest absolute Gasteiger partial charge is 0.366 e. The number of hydrogen-bond donors (Lipinski definition) is 1. The van der Waals surface area contributed by atoms with E-state index < -0.39 is 40.1 Å². The summed E-state index contributed by atoms with van der Waals surface area (Å²) in [5.74, 6) is 2.21. The van der Waals surface area contributed by atoms with Gasteiger partial charge in [-0.3, -0.25) is 14.3 Å². The molecule has 0 radical (unpaired) electrons. The number of halogens is 2. The van der Waals surface area contributed by atoms with Crippen molar-refractivity contribution in [2.45, 2.75) is 31.7 Å². The van der Waals surface area contributed by atoms with Crippen molar-refractivity contribution in [1.82, 2.24) is 9.55 Å². The second kappa shape index (κ2) is 7.25. The minimum atomic E-state index is -5.35. The van der Waals surface area contributed by atoms with Crippen molar-refractivity contribution in [2.75, 3.05) is 13.2 Å². The van der Waals surface area contributed by atoms with Crippen LogP contribution in [0.15, 0.2) is 20.1 Å². The molecule has 1 aliphatic heterocycles. The molecule has 2 heterocycles. The number of aryl methyl sites for hydroxylation is 1. The number of terminal acetylenes is 1. The van der Waals surface area contributed by atoms with Gasteiger partial charge in [-0.25, -0.2) is 4.79 Å². The van der Waals surface area contributed by atoms with Crippen LogP contribution in [-0.2, 0) is 20.0 Å². The molecule has 1 fully saturated rings. The summed E-state index contributed by atoms with van der Waals surface area (Å²) in [6.07, 6.45) is 4.26. The van der Waals surface area contributed by atoms with Crippen LogP contribution in [0.1, 0.15) is 18.2 Å². The minimum Gasteiger partial charge on any atom is -0.366 e. The number of rotatable bonds is 5. The van der Waals surface area contributed by atoms with Crippen LogP contribution in [0.5, 0.6) is 0 Å². The topological polar surface area (TPSA) is 103 Å². The summed E-state index contributed by atoms with van der Waals surface area (Å²) in [4.78, 5) is 25.4. The van der Waals surface area contributed by atoms with Gasteiger partial charge in [-0.05, 0) is 6.92 Å². The van der Waals surface area contributed by atoms with Crippen molar-refractivity contribution < 1.29 is 21.5 Å². The van der Waals surface area contributed by atoms with Crippen molar-refractivity contribution in [3.05, 3.63) is 32.6 Å². The van der Waals surface area contributed by atoms with Gasteiger partial charge in [0.15, 0.2) is 0 Å². The van der Waals surface area contributed by atoms with Crippen LogP contribution in [0.25, 0.3) is 0 Å². The maximum atomic E-state index is 12.8. The number of H-pyrrole nitrogens is 1. The van der Waals surface area contributed by atoms with Crippen LogP contribution in [0.4, 0.5) is 7.77 Å². The molecule has 8 nitrogen and oxygen atoms in total. The van der Waals surface area contributed by atoms with E-state index in [0.717, 1.165) is 4.57 Å². The quantitative estimate of drug-likeness (QED) is 0.463. The molecule has 24 heavy (non-hydrogen) atoms. The van der Waals surface area contributed by atoms with Crippen LogP contribution >= 0.6 is 0 Å². The summed E-state index contributed by atoms with van der Waals surface area (Å²) in [7, 11) is -5.35. The summed E-state index contributed by atoms with van der Waals surface area (Å²) >= 11 is 0. The van der Waals surface area contributed by atoms with Gasteiger partial charge in [-0.15, -0.1) is 6.42 Å². The highest BCUT2D eigenvalue weighted by Gasteiger charge is 2.38. The van der Waals surface area contributed by atoms with Gasteiger partial charge in [0.2, 0.25) is 0 Å². The highest BCUT2D eigenvalue weighted by Crippen LogP contribution is 2.31. The molecular weight excluding hydrogens is 348 g/mol. The Morgan fingerprint density at radius 3 is 2.92 bits per heavy atom. The van der Waals surface area contributed by atoms with E-state index in [0.29, 0.717) is 0 Å². The SMILES string of the molecule is C#CCOCC1O[C@@H](n2cc(C)c(=O)[nH]c2=O)C[C@H]1N=S(=O)(F)F. The maximum Gasteiger partial charge on any atom is 0.367 e. The van der Waals surface area contributed by atoms with E-state index in [2.05, 4.69) is 15.3 Å². The number of aromatic nitrogens is 2. The molecule has 2 rings (SSSR count). The minimum absolute atomic E-state index is 0.0599. The Bertz CT molecular complexity index is 873. The number of aromatic amines is 1. The lowest BCUT2D eigenvalue weighted by molar-refractivity contribution is -0.0404. The van der Waals surface area contributed by atoms with Gasteiger partial charge in [0.1, 0.15) is 18.9 Å². The third kappa shape index (κ3) is 4.50. The molecule has 1 aromatic rings. The Morgan fingerprint density at radius 2 is 2.29 bits per heavy atom. The lowest BCUT2D eigenvalue weighted by Gasteiger charge is -2.16. The van der Waals surface area contributed by atoms with E-state index in [-0.39, 0.29) is 25.2 Å². The number of nitrogens with zero attached hydrogens (tertiary/aromatic N) is 2. The highest BCUT2D eigenvalue weighted by molar-refractivity contribution is 7.83. The Morgan fingerprint density at radius 1 is 1.58 bits per heavy atom. The first-order chi connectivity index (χ1) is 11.2. The number of nitrogens with one attached hydrogen (secondary N) is 1. The summed E-state index contributed by atoms with van der Waals surface area (Å²) in [6, 6.07) is -1.14. The predicted molar refractivity (Wildman–Crippen MR) is 80.8 cm³/mol. The Hall–Kier alpha value is -2.03. The van der Waals surface area contributed by atoms with Crippen LogP contribution in [-0.4, -0.2) is 39.1 Å². The van der Waals surface area contributed by atoms with E-state index >= 15 is 0 Å². The second-order valence-electron chi connectivity index (χ2n) is 5.13. The number of hydrogen-bond acceptors (Lipinski definition) is 6. The average Bonchev–Trinajstić information content (AvgIpc) is 2.84. The van der Waals surface area contributed by atoms with E-state index in [4.69, 9.17) is 15.9 Å². The molecule has 0 aliphatic carbocycles. The zero-order valence-electron chi connectivity index (χ0n) is 12.6. The van der Waals surface area contributed by atoms with E-state index in [1.54, 1.807) is 0 Å². The molecule has 3 atom stereocenters. The molecule has 132 valence electrons. The average molecular weight is 363 g/mol. The van der Waals surface area contributed by atoms with Gasteiger partial charge in [-0.1, -0.05) is 13.7 Å². The molecule has 1 saturated heterocycles. The molecule has 1 N–H and O–H groups in total. The van der Waals surface area contributed by atoms with E-state index in [9.17, 15) is 21.6 Å². The van der Waals surface area contributed by atoms with Crippen molar-refractivity contribution >= 4 is 10.5 Å². The van der Waals surface area contributed by atoms with Crippen molar-refractivity contribution in [3.8, 4) is 12.3 Å². The van der Waals surface area contributed by atoms with Gasteiger partial charge in [0.25, 0.3) is 5.56 Å². The lowest BCUT2D eigenvalue weighted by Crippen LogP contribution is -2.33. The van der Waals surface area contributed by atoms with Gasteiger partial charge in [0.05, 0.1) is 12.6 Å². The molecular formula is C13H15F2N3O5S. The third-order valence-electron chi connectivity index (χ3n) is 3.39. The van der Waals surface area contributed by atoms with E-state index in [1.165, 1.54) is 13.1 Å². The van der Waals surface area contributed by atoms with Gasteiger partial charge < -0.3 is 9.47 Å². The molecule has 0 bridgehead atoms. The first-order valence-corrected chi connectivity index (χ1v) is 8.17. The molecule has 0 amide bonds. The van der Waals surface area contributed by atoms with Crippen molar-refractivity contribution in [1.29, 1.82) is 0 Å². The summed E-state index contributed by atoms with van der Waals surface area (Å²) in [5.41, 5.74) is -1.06. The maximum absolute atomic E-state index is 12.8. The normalized spacial score (nSPS) is 23.8. The van der Waals surface area contributed by atoms with Gasteiger partial charge >= 0.3 is 16.2 Å². The van der Waals surface area contributed by atoms with Crippen LogP contribution < -0.4 is 11.2 Å². The second-order valence-corrected chi connectivity index (χ2v) is 6.14. The monoisotopic (exact) mass is 363 g/mol. The highest BCUT2D eigenvalue weighted by atomic mass is 32.3. The standard InChI is InChI=1S/C13H15F2N3O5S/c1-3-4-22-7-10-9(17-24(14,15)21)5-11(23-10)18-6-8(2)12(19)16-13(18)20/h1,6,9-11H,4-5,7H2,2H3,(H,16,19,20)/t9-,10?,11-/m1/s1. The summed E-state index contributed by atoms with van der Waals surface area (Å²) in [5, 5.41) is 0. The molecule has 0 saturated carbocycles. The third-order valence-corrected chi connectivity index (χ3v) is 3.90.